The Morgan fingerprint density at radius 2 is 1.57 bits per heavy atom. The molecule has 0 fully saturated rings. The molecule has 23 heavy (non-hydrogen) atoms. The van der Waals surface area contributed by atoms with Crippen molar-refractivity contribution in [2.45, 2.75) is 26.6 Å². The van der Waals surface area contributed by atoms with Crippen molar-refractivity contribution >= 4 is 25.0 Å². The summed E-state index contributed by atoms with van der Waals surface area (Å²) in [6, 6.07) is 18.9. The van der Waals surface area contributed by atoms with Gasteiger partial charge < -0.3 is 8.99 Å². The quantitative estimate of drug-likeness (QED) is 0.440. The summed E-state index contributed by atoms with van der Waals surface area (Å²) in [6.45, 7) is 12.9. The SMILES string of the molecule is C=C(O[Si](C)(C)C)c1c(C)c2ccccc2n1-c1ccccc1. The van der Waals surface area contributed by atoms with E-state index in [0.717, 1.165) is 17.1 Å². The summed E-state index contributed by atoms with van der Waals surface area (Å²) in [5, 5.41) is 1.24. The zero-order valence-corrected chi connectivity index (χ0v) is 15.3. The Kier molecular flexibility index (Phi) is 3.90. The number of hydrogen-bond donors (Lipinski definition) is 0. The number of aryl methyl sites for hydroxylation is 1. The topological polar surface area (TPSA) is 14.2 Å². The van der Waals surface area contributed by atoms with Crippen molar-refractivity contribution in [3.8, 4) is 5.69 Å². The molecule has 0 N–H and O–H groups in total. The number of hydrogen-bond acceptors (Lipinski definition) is 1. The van der Waals surface area contributed by atoms with E-state index in [1.165, 1.54) is 16.5 Å². The minimum Gasteiger partial charge on any atom is -0.543 e. The fraction of sp³-hybridized carbons (Fsp3) is 0.200. The first kappa shape index (κ1) is 15.6. The van der Waals surface area contributed by atoms with E-state index in [9.17, 15) is 0 Å². The first-order valence-corrected chi connectivity index (χ1v) is 11.3. The Balaban J connectivity index is 2.28. The number of nitrogens with zero attached hydrogens (tertiary/aromatic N) is 1. The second-order valence-electron chi connectivity index (χ2n) is 6.80. The Bertz CT molecular complexity index is 856. The van der Waals surface area contributed by atoms with E-state index in [0.29, 0.717) is 0 Å². The molecule has 0 bridgehead atoms. The van der Waals surface area contributed by atoms with Gasteiger partial charge in [-0.15, -0.1) is 0 Å². The van der Waals surface area contributed by atoms with Gasteiger partial charge in [0.15, 0.2) is 0 Å². The van der Waals surface area contributed by atoms with Gasteiger partial charge in [-0.2, -0.15) is 0 Å². The second-order valence-corrected chi connectivity index (χ2v) is 11.2. The summed E-state index contributed by atoms with van der Waals surface area (Å²) in [5.74, 6) is 0.765. The summed E-state index contributed by atoms with van der Waals surface area (Å²) in [5.41, 5.74) is 4.60. The van der Waals surface area contributed by atoms with Crippen molar-refractivity contribution in [3.05, 3.63) is 72.4 Å². The molecule has 3 heteroatoms. The lowest BCUT2D eigenvalue weighted by Gasteiger charge is -2.23. The molecule has 0 saturated heterocycles. The van der Waals surface area contributed by atoms with Crippen molar-refractivity contribution in [2.24, 2.45) is 0 Å². The van der Waals surface area contributed by atoms with Crippen molar-refractivity contribution in [1.29, 1.82) is 0 Å². The van der Waals surface area contributed by atoms with Gasteiger partial charge in [0.25, 0.3) is 0 Å². The third-order valence-corrected chi connectivity index (χ3v) is 4.69. The van der Waals surface area contributed by atoms with Crippen molar-refractivity contribution < 1.29 is 4.43 Å². The van der Waals surface area contributed by atoms with Crippen LogP contribution in [-0.2, 0) is 4.43 Å². The molecule has 1 heterocycles. The van der Waals surface area contributed by atoms with Gasteiger partial charge in [0.1, 0.15) is 5.76 Å². The molecular formula is C20H23NOSi. The summed E-state index contributed by atoms with van der Waals surface area (Å²) < 4.78 is 8.48. The molecule has 0 spiro atoms. The molecule has 2 aromatic carbocycles. The molecule has 3 aromatic rings. The predicted molar refractivity (Wildman–Crippen MR) is 101 cm³/mol. The number of aromatic nitrogens is 1. The van der Waals surface area contributed by atoms with Gasteiger partial charge >= 0.3 is 0 Å². The van der Waals surface area contributed by atoms with E-state index < -0.39 is 8.32 Å². The first-order valence-electron chi connectivity index (χ1n) is 7.92. The highest BCUT2D eigenvalue weighted by molar-refractivity contribution is 6.70. The first-order chi connectivity index (χ1) is 10.9. The van der Waals surface area contributed by atoms with Gasteiger partial charge in [-0.05, 0) is 50.3 Å². The van der Waals surface area contributed by atoms with Gasteiger partial charge in [-0.1, -0.05) is 43.0 Å². The van der Waals surface area contributed by atoms with Gasteiger partial charge in [0, 0.05) is 11.1 Å². The lowest BCUT2D eigenvalue weighted by Crippen LogP contribution is -2.24. The minimum absolute atomic E-state index is 0.765. The maximum atomic E-state index is 6.22. The largest absolute Gasteiger partial charge is 0.543 e. The van der Waals surface area contributed by atoms with Crippen molar-refractivity contribution in [3.63, 3.8) is 0 Å². The van der Waals surface area contributed by atoms with E-state index in [1.807, 2.05) is 6.07 Å². The van der Waals surface area contributed by atoms with Gasteiger partial charge in [0.2, 0.25) is 8.32 Å². The Morgan fingerprint density at radius 1 is 0.957 bits per heavy atom. The van der Waals surface area contributed by atoms with E-state index >= 15 is 0 Å². The molecule has 0 saturated carbocycles. The van der Waals surface area contributed by atoms with Gasteiger partial charge in [-0.3, -0.25) is 0 Å². The van der Waals surface area contributed by atoms with Crippen LogP contribution in [0.2, 0.25) is 19.6 Å². The highest BCUT2D eigenvalue weighted by Crippen LogP contribution is 2.34. The number of fused-ring (bicyclic) bond motifs is 1. The molecular weight excluding hydrogens is 298 g/mol. The highest BCUT2D eigenvalue weighted by atomic mass is 28.4. The van der Waals surface area contributed by atoms with Crippen LogP contribution in [-0.4, -0.2) is 12.9 Å². The zero-order chi connectivity index (χ0) is 16.6. The molecule has 2 nitrogen and oxygen atoms in total. The van der Waals surface area contributed by atoms with Crippen LogP contribution in [0.3, 0.4) is 0 Å². The van der Waals surface area contributed by atoms with Crippen LogP contribution in [0.4, 0.5) is 0 Å². The van der Waals surface area contributed by atoms with Crippen LogP contribution >= 0.6 is 0 Å². The molecule has 0 amide bonds. The normalized spacial score (nSPS) is 11.7. The zero-order valence-electron chi connectivity index (χ0n) is 14.3. The Morgan fingerprint density at radius 3 is 2.22 bits per heavy atom. The van der Waals surface area contributed by atoms with Crippen molar-refractivity contribution in [1.82, 2.24) is 4.57 Å². The van der Waals surface area contributed by atoms with Crippen LogP contribution < -0.4 is 0 Å². The Hall–Kier alpha value is -2.26. The van der Waals surface area contributed by atoms with E-state index in [4.69, 9.17) is 4.43 Å². The molecule has 118 valence electrons. The summed E-state index contributed by atoms with van der Waals surface area (Å²) in [6.07, 6.45) is 0. The molecule has 1 aromatic heterocycles. The van der Waals surface area contributed by atoms with Crippen LogP contribution in [0.5, 0.6) is 0 Å². The van der Waals surface area contributed by atoms with E-state index in [2.05, 4.69) is 86.2 Å². The summed E-state index contributed by atoms with van der Waals surface area (Å²) in [7, 11) is -1.71. The third kappa shape index (κ3) is 2.97. The standard InChI is InChI=1S/C20H23NOSi/c1-15-18-13-9-10-14-19(18)21(17-11-7-6-8-12-17)20(15)16(2)22-23(3,4)5/h6-14H,2H2,1,3-5H3. The fourth-order valence-corrected chi connectivity index (χ4v) is 3.83. The lowest BCUT2D eigenvalue weighted by molar-refractivity contribution is 0.511. The maximum Gasteiger partial charge on any atom is 0.242 e. The lowest BCUT2D eigenvalue weighted by atomic mass is 10.1. The molecule has 0 radical (unpaired) electrons. The third-order valence-electron chi connectivity index (χ3n) is 3.84. The van der Waals surface area contributed by atoms with E-state index in [1.54, 1.807) is 0 Å². The van der Waals surface area contributed by atoms with Crippen LogP contribution in [0.1, 0.15) is 11.3 Å². The number of para-hydroxylation sites is 2. The maximum absolute atomic E-state index is 6.22. The molecule has 0 aliphatic rings. The van der Waals surface area contributed by atoms with Crippen LogP contribution in [0, 0.1) is 6.92 Å². The van der Waals surface area contributed by atoms with Crippen molar-refractivity contribution in [2.75, 3.05) is 0 Å². The second kappa shape index (κ2) is 5.74. The number of rotatable bonds is 4. The summed E-state index contributed by atoms with van der Waals surface area (Å²) >= 11 is 0. The summed E-state index contributed by atoms with van der Waals surface area (Å²) in [4.78, 5) is 0. The fourth-order valence-electron chi connectivity index (χ4n) is 3.00. The smallest absolute Gasteiger partial charge is 0.242 e. The molecule has 0 aliphatic carbocycles. The van der Waals surface area contributed by atoms with E-state index in [-0.39, 0.29) is 0 Å². The average Bonchev–Trinajstić information content (AvgIpc) is 2.80. The highest BCUT2D eigenvalue weighted by Gasteiger charge is 2.23. The Labute approximate surface area is 139 Å². The van der Waals surface area contributed by atoms with Gasteiger partial charge in [-0.25, -0.2) is 0 Å². The molecule has 0 atom stereocenters. The minimum atomic E-state index is -1.71. The van der Waals surface area contributed by atoms with Crippen LogP contribution in [0.15, 0.2) is 61.2 Å². The number of benzene rings is 2. The van der Waals surface area contributed by atoms with Crippen LogP contribution in [0.25, 0.3) is 22.3 Å². The monoisotopic (exact) mass is 321 g/mol. The molecule has 0 aliphatic heterocycles. The van der Waals surface area contributed by atoms with Gasteiger partial charge in [0.05, 0.1) is 11.2 Å². The predicted octanol–water partition coefficient (Wildman–Crippen LogP) is 5.76. The molecule has 0 unspecified atom stereocenters. The molecule has 3 rings (SSSR count). The average molecular weight is 321 g/mol.